The lowest BCUT2D eigenvalue weighted by molar-refractivity contribution is -0.154. The highest BCUT2D eigenvalue weighted by Gasteiger charge is 2.65. The highest BCUT2D eigenvalue weighted by atomic mass is 16.3. The third kappa shape index (κ3) is 2.39. The number of hydrogen-bond acceptors (Lipinski definition) is 9. The zero-order chi connectivity index (χ0) is 23.2. The van der Waals surface area contributed by atoms with E-state index in [-0.39, 0.29) is 23.3 Å². The first-order valence-electron chi connectivity index (χ1n) is 9.78. The Hall–Kier alpha value is -3.01. The average Bonchev–Trinajstić information content (AvgIpc) is 2.68. The number of nitrogens with two attached hydrogens (primary N) is 1. The smallest absolute Gasteiger partial charge is 0.202 e. The van der Waals surface area contributed by atoms with Crippen LogP contribution in [0.15, 0.2) is 29.0 Å². The molecule has 0 aromatic heterocycles. The summed E-state index contributed by atoms with van der Waals surface area (Å²) >= 11 is 0. The summed E-state index contributed by atoms with van der Waals surface area (Å²) in [6, 6.07) is 1.57. The van der Waals surface area contributed by atoms with Crippen LogP contribution < -0.4 is 5.73 Å². The number of aryl methyl sites for hydroxylation is 1. The molecule has 5 atom stereocenters. The number of carbonyl (C=O) groups excluding carboxylic acids is 3. The van der Waals surface area contributed by atoms with Crippen LogP contribution in [0, 0.1) is 18.8 Å². The molecule has 0 spiro atoms. The molecule has 9 heteroatoms. The molecule has 4 rings (SSSR count). The molecule has 1 aromatic carbocycles. The molecule has 0 unspecified atom stereocenters. The van der Waals surface area contributed by atoms with Gasteiger partial charge < -0.3 is 31.3 Å². The molecular weight excluding hydrogens is 406 g/mol. The fraction of sp³-hybridized carbons (Fsp3) is 0.409. The van der Waals surface area contributed by atoms with Gasteiger partial charge >= 0.3 is 0 Å². The second kappa shape index (κ2) is 6.25. The summed E-state index contributed by atoms with van der Waals surface area (Å²) in [6.45, 7) is 3.96. The van der Waals surface area contributed by atoms with Gasteiger partial charge in [-0.15, -0.1) is 0 Å². The molecule has 0 amide bonds. The minimum Gasteiger partial charge on any atom is -0.508 e. The van der Waals surface area contributed by atoms with Gasteiger partial charge in [-0.05, 0) is 38.3 Å². The van der Waals surface area contributed by atoms with Crippen LogP contribution in [0.1, 0.15) is 37.0 Å². The van der Waals surface area contributed by atoms with Crippen molar-refractivity contribution in [2.45, 2.75) is 44.4 Å². The SMILES string of the molecule is CC(=O)C1=C(O)[C@@]2(O)C(=O)C3=C(O)c4c(ccc(C)c4O)[C@](C)(O)[C@H]3C[C@H]2[C@H](N)C1=O. The standard InChI is InChI=1S/C22H23NO8/c1-7-4-5-9-13(16(7)25)17(26)14-10(21(9,3)30)6-11-15(23)18(27)12(8(2)24)19(28)22(11,31)20(14)29/h4-5,10-11,15,25-26,28,30-31H,6,23H2,1-3H3/t10-,11-,15-,21-,22+/m0/s1. The molecule has 0 aliphatic heterocycles. The maximum absolute atomic E-state index is 13.5. The van der Waals surface area contributed by atoms with Crippen LogP contribution in [0.3, 0.4) is 0 Å². The largest absolute Gasteiger partial charge is 0.508 e. The van der Waals surface area contributed by atoms with Crippen molar-refractivity contribution in [1.82, 2.24) is 0 Å². The first-order chi connectivity index (χ1) is 14.3. The molecule has 7 N–H and O–H groups in total. The minimum absolute atomic E-state index is 0.155. The first kappa shape index (κ1) is 21.2. The van der Waals surface area contributed by atoms with E-state index in [1.54, 1.807) is 13.0 Å². The maximum atomic E-state index is 13.5. The predicted octanol–water partition coefficient (Wildman–Crippen LogP) is 0.438. The number of phenolic OH excluding ortho intramolecular Hbond substituents is 1. The van der Waals surface area contributed by atoms with Gasteiger partial charge in [-0.3, -0.25) is 14.4 Å². The van der Waals surface area contributed by atoms with Crippen LogP contribution in [-0.4, -0.2) is 54.5 Å². The highest BCUT2D eigenvalue weighted by Crippen LogP contribution is 2.56. The number of hydrogen-bond donors (Lipinski definition) is 6. The summed E-state index contributed by atoms with van der Waals surface area (Å²) in [6.07, 6.45) is -0.245. The second-order valence-corrected chi connectivity index (χ2v) is 8.72. The van der Waals surface area contributed by atoms with Crippen molar-refractivity contribution in [1.29, 1.82) is 0 Å². The number of fused-ring (bicyclic) bond motifs is 3. The van der Waals surface area contributed by atoms with E-state index in [4.69, 9.17) is 5.73 Å². The highest BCUT2D eigenvalue weighted by molar-refractivity contribution is 6.24. The number of aliphatic hydroxyl groups excluding tert-OH is 2. The molecule has 3 aliphatic rings. The van der Waals surface area contributed by atoms with Gasteiger partial charge in [0, 0.05) is 17.4 Å². The molecule has 3 aliphatic carbocycles. The van der Waals surface area contributed by atoms with Crippen molar-refractivity contribution in [2.24, 2.45) is 17.6 Å². The third-order valence-corrected chi connectivity index (χ3v) is 6.99. The first-order valence-corrected chi connectivity index (χ1v) is 9.78. The summed E-state index contributed by atoms with van der Waals surface area (Å²) in [7, 11) is 0. The molecule has 1 fully saturated rings. The molecule has 31 heavy (non-hydrogen) atoms. The summed E-state index contributed by atoms with van der Waals surface area (Å²) < 4.78 is 0. The number of rotatable bonds is 1. The number of aromatic hydroxyl groups is 1. The van der Waals surface area contributed by atoms with Gasteiger partial charge in [0.1, 0.15) is 22.8 Å². The number of phenols is 1. The molecule has 0 bridgehead atoms. The van der Waals surface area contributed by atoms with E-state index in [2.05, 4.69) is 0 Å². The van der Waals surface area contributed by atoms with Gasteiger partial charge in [-0.2, -0.15) is 0 Å². The van der Waals surface area contributed by atoms with Gasteiger partial charge in [0.25, 0.3) is 0 Å². The topological polar surface area (TPSA) is 178 Å². The minimum atomic E-state index is -2.73. The number of ketones is 3. The van der Waals surface area contributed by atoms with Crippen LogP contribution in [-0.2, 0) is 20.0 Å². The Labute approximate surface area is 177 Å². The zero-order valence-electron chi connectivity index (χ0n) is 17.1. The van der Waals surface area contributed by atoms with Gasteiger partial charge in [0.15, 0.2) is 17.2 Å². The Morgan fingerprint density at radius 3 is 2.35 bits per heavy atom. The fourth-order valence-electron chi connectivity index (χ4n) is 5.22. The van der Waals surface area contributed by atoms with E-state index in [1.165, 1.54) is 13.0 Å². The van der Waals surface area contributed by atoms with Crippen LogP contribution in [0.4, 0.5) is 0 Å². The number of aliphatic hydroxyl groups is 4. The molecule has 1 saturated carbocycles. The molecular formula is C22H23NO8. The van der Waals surface area contributed by atoms with Crippen molar-refractivity contribution in [3.8, 4) is 5.75 Å². The van der Waals surface area contributed by atoms with Crippen molar-refractivity contribution < 1.29 is 39.9 Å². The summed E-state index contributed by atoms with van der Waals surface area (Å²) in [4.78, 5) is 38.1. The van der Waals surface area contributed by atoms with Crippen molar-refractivity contribution >= 4 is 23.1 Å². The summed E-state index contributed by atoms with van der Waals surface area (Å²) in [5, 5.41) is 54.8. The van der Waals surface area contributed by atoms with Crippen LogP contribution >= 0.6 is 0 Å². The molecule has 1 aromatic rings. The molecule has 0 radical (unpaired) electrons. The Kier molecular flexibility index (Phi) is 4.28. The van der Waals surface area contributed by atoms with Gasteiger partial charge in [0.05, 0.1) is 17.2 Å². The van der Waals surface area contributed by atoms with E-state index in [1.807, 2.05) is 0 Å². The Balaban J connectivity index is 2.05. The number of Topliss-reactive ketones (excluding diaryl/α,β-unsaturated/α-hetero) is 3. The van der Waals surface area contributed by atoms with Crippen LogP contribution in [0.25, 0.3) is 5.76 Å². The quantitative estimate of drug-likeness (QED) is 0.345. The Morgan fingerprint density at radius 1 is 1.16 bits per heavy atom. The van der Waals surface area contributed by atoms with E-state index in [0.29, 0.717) is 5.56 Å². The third-order valence-electron chi connectivity index (χ3n) is 6.99. The summed E-state index contributed by atoms with van der Waals surface area (Å²) in [5.41, 5.74) is 0.705. The molecule has 164 valence electrons. The Morgan fingerprint density at radius 2 is 1.77 bits per heavy atom. The van der Waals surface area contributed by atoms with E-state index in [0.717, 1.165) is 6.92 Å². The van der Waals surface area contributed by atoms with Crippen LogP contribution in [0.5, 0.6) is 5.75 Å². The lowest BCUT2D eigenvalue weighted by Gasteiger charge is -2.51. The van der Waals surface area contributed by atoms with Gasteiger partial charge in [-0.1, -0.05) is 12.1 Å². The van der Waals surface area contributed by atoms with E-state index < -0.39 is 69.1 Å². The Bertz CT molecular complexity index is 1140. The lowest BCUT2D eigenvalue weighted by Crippen LogP contribution is -2.66. The number of carbonyl (C=O) groups is 3. The second-order valence-electron chi connectivity index (χ2n) is 8.72. The number of benzene rings is 1. The van der Waals surface area contributed by atoms with Crippen molar-refractivity contribution in [3.05, 3.63) is 45.7 Å². The molecule has 9 nitrogen and oxygen atoms in total. The van der Waals surface area contributed by atoms with Crippen molar-refractivity contribution in [2.75, 3.05) is 0 Å². The van der Waals surface area contributed by atoms with Crippen molar-refractivity contribution in [3.63, 3.8) is 0 Å². The molecule has 0 heterocycles. The lowest BCUT2D eigenvalue weighted by atomic mass is 9.54. The zero-order valence-corrected chi connectivity index (χ0v) is 17.1. The van der Waals surface area contributed by atoms with E-state index >= 15 is 0 Å². The normalized spacial score (nSPS) is 35.0. The fourth-order valence-corrected chi connectivity index (χ4v) is 5.22. The summed E-state index contributed by atoms with van der Waals surface area (Å²) in [5.74, 6) is -7.50. The van der Waals surface area contributed by atoms with Gasteiger partial charge in [-0.25, -0.2) is 0 Å². The van der Waals surface area contributed by atoms with Crippen LogP contribution in [0.2, 0.25) is 0 Å². The van der Waals surface area contributed by atoms with Gasteiger partial charge in [0.2, 0.25) is 5.78 Å². The van der Waals surface area contributed by atoms with E-state index in [9.17, 15) is 39.9 Å². The maximum Gasteiger partial charge on any atom is 0.202 e. The average molecular weight is 429 g/mol. The monoisotopic (exact) mass is 429 g/mol. The molecule has 0 saturated heterocycles. The predicted molar refractivity (Wildman–Crippen MR) is 107 cm³/mol.